The second kappa shape index (κ2) is 7.38. The van der Waals surface area contributed by atoms with Crippen LogP contribution in [0, 0.1) is 0 Å². The fraction of sp³-hybridized carbons (Fsp3) is 0.467. The molecule has 0 saturated heterocycles. The van der Waals surface area contributed by atoms with Crippen LogP contribution in [-0.4, -0.2) is 28.6 Å². The Morgan fingerprint density at radius 1 is 1.57 bits per heavy atom. The van der Waals surface area contributed by atoms with Gasteiger partial charge >= 0.3 is 0 Å². The van der Waals surface area contributed by atoms with Crippen molar-refractivity contribution in [3.63, 3.8) is 0 Å². The molecule has 0 aromatic carbocycles. The predicted octanol–water partition coefficient (Wildman–Crippen LogP) is 2.38. The Hall–Kier alpha value is -1.66. The van der Waals surface area contributed by atoms with Gasteiger partial charge in [0.05, 0.1) is 6.61 Å². The number of carbonyl (C=O) groups excluding carboxylic acids is 1. The molecule has 0 spiro atoms. The average molecular weight is 307 g/mol. The normalized spacial score (nSPS) is 12.3. The molecule has 0 aliphatic carbocycles. The van der Waals surface area contributed by atoms with Crippen LogP contribution in [0.5, 0.6) is 0 Å². The van der Waals surface area contributed by atoms with Crippen molar-refractivity contribution in [2.45, 2.75) is 32.4 Å². The van der Waals surface area contributed by atoms with Gasteiger partial charge in [0.15, 0.2) is 0 Å². The summed E-state index contributed by atoms with van der Waals surface area (Å²) in [5.41, 5.74) is 1.74. The quantitative estimate of drug-likeness (QED) is 0.854. The van der Waals surface area contributed by atoms with E-state index in [-0.39, 0.29) is 11.9 Å². The monoisotopic (exact) mass is 307 g/mol. The number of amides is 1. The van der Waals surface area contributed by atoms with E-state index in [1.807, 2.05) is 26.2 Å². The lowest BCUT2D eigenvalue weighted by Crippen LogP contribution is -2.33. The van der Waals surface area contributed by atoms with Gasteiger partial charge in [-0.05, 0) is 31.9 Å². The van der Waals surface area contributed by atoms with Gasteiger partial charge in [0, 0.05) is 37.5 Å². The lowest BCUT2D eigenvalue weighted by molar-refractivity contribution is 0.0933. The van der Waals surface area contributed by atoms with Crippen LogP contribution in [0.2, 0.25) is 0 Å². The number of nitrogens with zero attached hydrogens (tertiary/aromatic N) is 2. The lowest BCUT2D eigenvalue weighted by Gasteiger charge is -2.13. The van der Waals surface area contributed by atoms with Gasteiger partial charge < -0.3 is 14.6 Å². The maximum absolute atomic E-state index is 12.1. The third kappa shape index (κ3) is 4.41. The number of aromatic nitrogens is 2. The minimum atomic E-state index is -0.118. The largest absolute Gasteiger partial charge is 0.378 e. The number of ether oxygens (including phenoxy) is 1. The fourth-order valence-electron chi connectivity index (χ4n) is 2.10. The van der Waals surface area contributed by atoms with Crippen LogP contribution >= 0.6 is 11.3 Å². The molecule has 6 heteroatoms. The summed E-state index contributed by atoms with van der Waals surface area (Å²) in [5, 5.41) is 5.58. The Kier molecular flexibility index (Phi) is 5.52. The molecule has 0 unspecified atom stereocenters. The number of thiazole rings is 1. The number of hydrogen-bond acceptors (Lipinski definition) is 4. The van der Waals surface area contributed by atoms with Crippen molar-refractivity contribution in [2.75, 3.05) is 7.11 Å². The Morgan fingerprint density at radius 2 is 2.38 bits per heavy atom. The summed E-state index contributed by atoms with van der Waals surface area (Å²) in [6.45, 7) is 2.46. The summed E-state index contributed by atoms with van der Waals surface area (Å²) in [4.78, 5) is 16.3. The highest BCUT2D eigenvalue weighted by molar-refractivity contribution is 7.09. The fourth-order valence-corrected chi connectivity index (χ4v) is 2.84. The van der Waals surface area contributed by atoms with Crippen molar-refractivity contribution in [1.82, 2.24) is 14.9 Å². The summed E-state index contributed by atoms with van der Waals surface area (Å²) in [5.74, 6) is -0.118. The molecule has 0 fully saturated rings. The number of nitrogens with one attached hydrogen (secondary N) is 1. The molecule has 2 aromatic heterocycles. The summed E-state index contributed by atoms with van der Waals surface area (Å²) in [6, 6.07) is 4.25. The molecule has 5 nitrogen and oxygen atoms in total. The van der Waals surface area contributed by atoms with Crippen LogP contribution in [-0.2, 0) is 24.8 Å². The number of carbonyl (C=O) groups is 1. The van der Waals surface area contributed by atoms with E-state index >= 15 is 0 Å². The standard InChI is InChI=1S/C15H21N3O2S/c1-11(6-7-12-5-4-8-18(12)2)16-15(19)13-10-21-14(17-13)9-20-3/h4-5,8,10-11H,6-7,9H2,1-3H3,(H,16,19)/t11-/m0/s1. The van der Waals surface area contributed by atoms with E-state index in [1.165, 1.54) is 17.0 Å². The molecule has 2 heterocycles. The highest BCUT2D eigenvalue weighted by atomic mass is 32.1. The molecule has 2 aromatic rings. The zero-order valence-electron chi connectivity index (χ0n) is 12.6. The molecular weight excluding hydrogens is 286 g/mol. The van der Waals surface area contributed by atoms with E-state index in [0.717, 1.165) is 17.8 Å². The molecule has 1 amide bonds. The smallest absolute Gasteiger partial charge is 0.270 e. The molecule has 1 N–H and O–H groups in total. The van der Waals surface area contributed by atoms with E-state index in [9.17, 15) is 4.79 Å². The highest BCUT2D eigenvalue weighted by Crippen LogP contribution is 2.11. The van der Waals surface area contributed by atoms with Gasteiger partial charge in [-0.2, -0.15) is 0 Å². The van der Waals surface area contributed by atoms with Crippen molar-refractivity contribution in [3.05, 3.63) is 40.1 Å². The summed E-state index contributed by atoms with van der Waals surface area (Å²) < 4.78 is 7.11. The minimum absolute atomic E-state index is 0.111. The van der Waals surface area contributed by atoms with Gasteiger partial charge in [-0.25, -0.2) is 4.98 Å². The Bertz CT molecular complexity index is 591. The summed E-state index contributed by atoms with van der Waals surface area (Å²) in [7, 11) is 3.65. The molecule has 114 valence electrons. The average Bonchev–Trinajstić information content (AvgIpc) is 3.06. The Morgan fingerprint density at radius 3 is 3.05 bits per heavy atom. The molecule has 0 bridgehead atoms. The van der Waals surface area contributed by atoms with E-state index in [2.05, 4.69) is 20.9 Å². The third-order valence-electron chi connectivity index (χ3n) is 3.31. The molecule has 0 aliphatic rings. The number of methoxy groups -OCH3 is 1. The van der Waals surface area contributed by atoms with Crippen molar-refractivity contribution in [3.8, 4) is 0 Å². The van der Waals surface area contributed by atoms with Crippen LogP contribution < -0.4 is 5.32 Å². The van der Waals surface area contributed by atoms with Gasteiger partial charge in [-0.3, -0.25) is 4.79 Å². The molecule has 1 atom stereocenters. The summed E-state index contributed by atoms with van der Waals surface area (Å²) >= 11 is 1.44. The maximum atomic E-state index is 12.1. The Labute approximate surface area is 129 Å². The molecule has 21 heavy (non-hydrogen) atoms. The first-order valence-corrected chi connectivity index (χ1v) is 7.82. The first-order chi connectivity index (χ1) is 10.1. The SMILES string of the molecule is COCc1nc(C(=O)N[C@@H](C)CCc2cccn2C)cs1. The van der Waals surface area contributed by atoms with E-state index < -0.39 is 0 Å². The molecule has 0 aliphatic heterocycles. The first kappa shape index (κ1) is 15.7. The van der Waals surface area contributed by atoms with Crippen molar-refractivity contribution in [1.29, 1.82) is 0 Å². The molecule has 2 rings (SSSR count). The minimum Gasteiger partial charge on any atom is -0.378 e. The zero-order valence-corrected chi connectivity index (χ0v) is 13.4. The van der Waals surface area contributed by atoms with Gasteiger partial charge in [-0.15, -0.1) is 11.3 Å². The highest BCUT2D eigenvalue weighted by Gasteiger charge is 2.13. The lowest BCUT2D eigenvalue weighted by atomic mass is 10.1. The topological polar surface area (TPSA) is 56.1 Å². The Balaban J connectivity index is 1.82. The van der Waals surface area contributed by atoms with E-state index in [0.29, 0.717) is 12.3 Å². The van der Waals surface area contributed by atoms with Gasteiger partial charge in [-0.1, -0.05) is 0 Å². The van der Waals surface area contributed by atoms with E-state index in [1.54, 1.807) is 12.5 Å². The van der Waals surface area contributed by atoms with Gasteiger partial charge in [0.1, 0.15) is 10.7 Å². The zero-order chi connectivity index (χ0) is 15.2. The maximum Gasteiger partial charge on any atom is 0.270 e. The molecule has 0 radical (unpaired) electrons. The van der Waals surface area contributed by atoms with Gasteiger partial charge in [0.25, 0.3) is 5.91 Å². The van der Waals surface area contributed by atoms with Crippen molar-refractivity contribution < 1.29 is 9.53 Å². The van der Waals surface area contributed by atoms with Crippen LogP contribution in [0.15, 0.2) is 23.7 Å². The first-order valence-electron chi connectivity index (χ1n) is 6.94. The molecular formula is C15H21N3O2S. The van der Waals surface area contributed by atoms with Gasteiger partial charge in [0.2, 0.25) is 0 Å². The third-order valence-corrected chi connectivity index (χ3v) is 4.14. The van der Waals surface area contributed by atoms with Crippen molar-refractivity contribution in [2.24, 2.45) is 7.05 Å². The number of aryl methyl sites for hydroxylation is 2. The number of hydrogen-bond donors (Lipinski definition) is 1. The second-order valence-corrected chi connectivity index (χ2v) is 6.03. The van der Waals surface area contributed by atoms with Crippen LogP contribution in [0.25, 0.3) is 0 Å². The second-order valence-electron chi connectivity index (χ2n) is 5.08. The van der Waals surface area contributed by atoms with Crippen LogP contribution in [0.3, 0.4) is 0 Å². The predicted molar refractivity (Wildman–Crippen MR) is 83.5 cm³/mol. The van der Waals surface area contributed by atoms with E-state index in [4.69, 9.17) is 4.74 Å². The van der Waals surface area contributed by atoms with Crippen LogP contribution in [0.1, 0.15) is 34.5 Å². The number of rotatable bonds is 7. The van der Waals surface area contributed by atoms with Crippen molar-refractivity contribution >= 4 is 17.2 Å². The van der Waals surface area contributed by atoms with Crippen LogP contribution in [0.4, 0.5) is 0 Å². The summed E-state index contributed by atoms with van der Waals surface area (Å²) in [6.07, 6.45) is 3.88. The molecule has 0 saturated carbocycles.